The van der Waals surface area contributed by atoms with E-state index < -0.39 is 0 Å². The first kappa shape index (κ1) is 7.60. The first-order valence-corrected chi connectivity index (χ1v) is 3.23. The van der Waals surface area contributed by atoms with E-state index in [1.807, 2.05) is 0 Å². The predicted molar refractivity (Wildman–Crippen MR) is 41.7 cm³/mol. The van der Waals surface area contributed by atoms with Gasteiger partial charge in [-0.2, -0.15) is 0 Å². The summed E-state index contributed by atoms with van der Waals surface area (Å²) in [5.41, 5.74) is 1.18. The molecule has 0 fully saturated rings. The zero-order valence-corrected chi connectivity index (χ0v) is 5.86. The fourth-order valence-corrected chi connectivity index (χ4v) is 0.836. The summed E-state index contributed by atoms with van der Waals surface area (Å²) in [7, 11) is 0. The van der Waals surface area contributed by atoms with Gasteiger partial charge >= 0.3 is 0 Å². The Kier molecular flexibility index (Phi) is 2.49. The van der Waals surface area contributed by atoms with Crippen LogP contribution in [0.4, 0.5) is 5.69 Å². The zero-order chi connectivity index (χ0) is 8.10. The molecule has 0 aliphatic rings. The largest absolute Gasteiger partial charge is 0.303 e. The Bertz CT molecular complexity index is 271. The lowest BCUT2D eigenvalue weighted by Gasteiger charge is -1.93. The lowest BCUT2D eigenvalue weighted by Crippen LogP contribution is -1.83. The lowest BCUT2D eigenvalue weighted by atomic mass is 10.1. The van der Waals surface area contributed by atoms with Gasteiger partial charge in [0, 0.05) is 6.42 Å². The molecule has 0 spiro atoms. The van der Waals surface area contributed by atoms with Crippen LogP contribution in [0.1, 0.15) is 5.56 Å². The van der Waals surface area contributed by atoms with Crippen LogP contribution in [-0.2, 0) is 11.2 Å². The molecule has 0 saturated carbocycles. The molecule has 0 bridgehead atoms. The van der Waals surface area contributed by atoms with Crippen LogP contribution in [0.5, 0.6) is 0 Å². The maximum Gasteiger partial charge on any atom is 0.124 e. The van der Waals surface area contributed by atoms with Crippen LogP contribution >= 0.6 is 0 Å². The minimum atomic E-state index is 0.337. The van der Waals surface area contributed by atoms with Crippen LogP contribution in [0.3, 0.4) is 0 Å². The molecule has 3 heteroatoms. The number of hydrogen-bond donors (Lipinski definition) is 0. The van der Waals surface area contributed by atoms with E-state index >= 15 is 0 Å². The summed E-state index contributed by atoms with van der Waals surface area (Å²) in [6.07, 6.45) is 1.13. The average molecular weight is 149 g/mol. The topological polar surface area (TPSA) is 46.5 Å². The van der Waals surface area contributed by atoms with E-state index in [2.05, 4.69) is 5.18 Å². The predicted octanol–water partition coefficient (Wildman–Crippen LogP) is 1.83. The van der Waals surface area contributed by atoms with Gasteiger partial charge in [-0.15, -0.1) is 4.91 Å². The molecule has 11 heavy (non-hydrogen) atoms. The number of rotatable bonds is 3. The van der Waals surface area contributed by atoms with Crippen molar-refractivity contribution in [3.8, 4) is 0 Å². The molecular weight excluding hydrogens is 142 g/mol. The number of nitrogens with zero attached hydrogens (tertiary/aromatic N) is 1. The molecule has 1 rings (SSSR count). The summed E-state index contributed by atoms with van der Waals surface area (Å²) in [6, 6.07) is 6.68. The van der Waals surface area contributed by atoms with Gasteiger partial charge in [0.15, 0.2) is 0 Å². The van der Waals surface area contributed by atoms with Crippen LogP contribution in [0.25, 0.3) is 0 Å². The minimum Gasteiger partial charge on any atom is -0.303 e. The molecule has 3 nitrogen and oxygen atoms in total. The maximum absolute atomic E-state index is 10.1. The van der Waals surface area contributed by atoms with Crippen molar-refractivity contribution in [1.29, 1.82) is 0 Å². The van der Waals surface area contributed by atoms with Crippen LogP contribution in [0, 0.1) is 4.91 Å². The second kappa shape index (κ2) is 3.61. The number of hydrogen-bond acceptors (Lipinski definition) is 3. The molecule has 0 saturated heterocycles. The number of carbonyl (C=O) groups is 1. The summed E-state index contributed by atoms with van der Waals surface area (Å²) in [4.78, 5) is 20.1. The molecular formula is C8H7NO2. The molecule has 0 aliphatic heterocycles. The van der Waals surface area contributed by atoms with E-state index in [1.54, 1.807) is 24.3 Å². The highest BCUT2D eigenvalue weighted by molar-refractivity contribution is 5.56. The Morgan fingerprint density at radius 3 is 2.91 bits per heavy atom. The second-order valence-corrected chi connectivity index (χ2v) is 2.13. The normalized spacial score (nSPS) is 9.09. The zero-order valence-electron chi connectivity index (χ0n) is 5.86. The first-order chi connectivity index (χ1) is 5.36. The standard InChI is InChI=1S/C8H7NO2/c10-5-4-7-2-1-3-8(6-7)9-11/h1-3,5-6H,4H2. The SMILES string of the molecule is O=CCc1cccc(N=O)c1. The van der Waals surface area contributed by atoms with E-state index in [0.29, 0.717) is 12.1 Å². The van der Waals surface area contributed by atoms with Gasteiger partial charge in [0.25, 0.3) is 0 Å². The van der Waals surface area contributed by atoms with Gasteiger partial charge in [0.2, 0.25) is 0 Å². The third-order valence-corrected chi connectivity index (χ3v) is 1.34. The molecule has 0 aliphatic carbocycles. The maximum atomic E-state index is 10.1. The van der Waals surface area contributed by atoms with Crippen molar-refractivity contribution >= 4 is 12.0 Å². The van der Waals surface area contributed by atoms with Crippen LogP contribution in [0.15, 0.2) is 29.4 Å². The highest BCUT2D eigenvalue weighted by Gasteiger charge is 1.93. The van der Waals surface area contributed by atoms with Gasteiger partial charge in [-0.05, 0) is 22.9 Å². The third kappa shape index (κ3) is 1.97. The molecule has 1 aromatic carbocycles. The Balaban J connectivity index is 2.90. The number of carbonyl (C=O) groups excluding carboxylic acids is 1. The van der Waals surface area contributed by atoms with Crippen molar-refractivity contribution in [2.45, 2.75) is 6.42 Å². The van der Waals surface area contributed by atoms with Gasteiger partial charge in [0.05, 0.1) is 0 Å². The van der Waals surface area contributed by atoms with Crippen molar-refractivity contribution in [3.05, 3.63) is 34.7 Å². The highest BCUT2D eigenvalue weighted by Crippen LogP contribution is 2.12. The lowest BCUT2D eigenvalue weighted by molar-refractivity contribution is -0.107. The Hall–Kier alpha value is -1.51. The Labute approximate surface area is 64.0 Å². The summed E-state index contributed by atoms with van der Waals surface area (Å²) < 4.78 is 0. The van der Waals surface area contributed by atoms with E-state index in [9.17, 15) is 9.70 Å². The second-order valence-electron chi connectivity index (χ2n) is 2.13. The van der Waals surface area contributed by atoms with Crippen molar-refractivity contribution in [2.75, 3.05) is 0 Å². The van der Waals surface area contributed by atoms with E-state index in [-0.39, 0.29) is 0 Å². The molecule has 0 radical (unpaired) electrons. The minimum absolute atomic E-state index is 0.337. The molecule has 0 amide bonds. The molecule has 0 atom stereocenters. The highest BCUT2D eigenvalue weighted by atomic mass is 16.3. The number of nitroso groups, excluding NO2 is 1. The smallest absolute Gasteiger partial charge is 0.124 e. The fourth-order valence-electron chi connectivity index (χ4n) is 0.836. The van der Waals surface area contributed by atoms with Crippen molar-refractivity contribution in [2.24, 2.45) is 5.18 Å². The summed E-state index contributed by atoms with van der Waals surface area (Å²) in [6.45, 7) is 0. The van der Waals surface area contributed by atoms with E-state index in [1.165, 1.54) is 0 Å². The van der Waals surface area contributed by atoms with Crippen LogP contribution in [0.2, 0.25) is 0 Å². The number of aldehydes is 1. The van der Waals surface area contributed by atoms with Gasteiger partial charge in [-0.3, -0.25) is 0 Å². The summed E-state index contributed by atoms with van der Waals surface area (Å²) >= 11 is 0. The van der Waals surface area contributed by atoms with Gasteiger partial charge in [-0.25, -0.2) is 0 Å². The van der Waals surface area contributed by atoms with Gasteiger partial charge in [-0.1, -0.05) is 12.1 Å². The van der Waals surface area contributed by atoms with Crippen LogP contribution in [-0.4, -0.2) is 6.29 Å². The number of benzene rings is 1. The van der Waals surface area contributed by atoms with E-state index in [0.717, 1.165) is 11.8 Å². The van der Waals surface area contributed by atoms with Gasteiger partial charge in [0.1, 0.15) is 12.0 Å². The quantitative estimate of drug-likeness (QED) is 0.486. The average Bonchev–Trinajstić information content (AvgIpc) is 2.06. The summed E-state index contributed by atoms with van der Waals surface area (Å²) in [5, 5.41) is 2.75. The summed E-state index contributed by atoms with van der Waals surface area (Å²) in [5.74, 6) is 0. The van der Waals surface area contributed by atoms with Crippen LogP contribution < -0.4 is 0 Å². The van der Waals surface area contributed by atoms with Crippen molar-refractivity contribution < 1.29 is 4.79 Å². The fraction of sp³-hybridized carbons (Fsp3) is 0.125. The third-order valence-electron chi connectivity index (χ3n) is 1.34. The van der Waals surface area contributed by atoms with Crippen molar-refractivity contribution in [1.82, 2.24) is 0 Å². The van der Waals surface area contributed by atoms with E-state index in [4.69, 9.17) is 0 Å². The Morgan fingerprint density at radius 1 is 1.45 bits per heavy atom. The molecule has 56 valence electrons. The van der Waals surface area contributed by atoms with Crippen molar-refractivity contribution in [3.63, 3.8) is 0 Å². The Morgan fingerprint density at radius 2 is 2.27 bits per heavy atom. The molecule has 1 aromatic rings. The monoisotopic (exact) mass is 149 g/mol. The first-order valence-electron chi connectivity index (χ1n) is 3.23. The molecule has 0 heterocycles. The molecule has 0 aromatic heterocycles. The molecule has 0 N–H and O–H groups in total. The van der Waals surface area contributed by atoms with Gasteiger partial charge < -0.3 is 4.79 Å². The molecule has 0 unspecified atom stereocenters.